The Hall–Kier alpha value is -1.95. The van der Waals surface area contributed by atoms with Crippen molar-refractivity contribution >= 4 is 33.3 Å². The lowest BCUT2D eigenvalue weighted by atomic mass is 10.2. The van der Waals surface area contributed by atoms with Crippen LogP contribution in [0.5, 0.6) is 5.75 Å². The van der Waals surface area contributed by atoms with Gasteiger partial charge >= 0.3 is 5.97 Å². The number of rotatable bonds is 3. The van der Waals surface area contributed by atoms with Crippen molar-refractivity contribution in [3.05, 3.63) is 23.2 Å². The number of carboxylic acid groups (broad SMARTS) is 1. The molecule has 16 heavy (non-hydrogen) atoms. The van der Waals surface area contributed by atoms with Gasteiger partial charge < -0.3 is 9.84 Å². The van der Waals surface area contributed by atoms with Crippen molar-refractivity contribution in [2.24, 2.45) is 0 Å². The number of methoxy groups -OCH3 is 1. The number of fused-ring (bicyclic) bond motifs is 1. The maximum Gasteiger partial charge on any atom is 0.378 e. The number of hydrogen-bond donors (Lipinski definition) is 1. The Kier molecular flexibility index (Phi) is 2.57. The van der Waals surface area contributed by atoms with E-state index < -0.39 is 11.8 Å². The molecule has 0 unspecified atom stereocenters. The van der Waals surface area contributed by atoms with Gasteiger partial charge in [-0.05, 0) is 12.1 Å². The maximum absolute atomic E-state index is 11.4. The second kappa shape index (κ2) is 3.90. The molecule has 0 saturated heterocycles. The van der Waals surface area contributed by atoms with Crippen LogP contribution in [0.15, 0.2) is 18.3 Å². The lowest BCUT2D eigenvalue weighted by Gasteiger charge is -1.98. The highest BCUT2D eigenvalue weighted by Crippen LogP contribution is 2.36. The number of carbonyl (C=O) groups is 2. The number of hydrogen-bond acceptors (Lipinski definition) is 5. The zero-order valence-electron chi connectivity index (χ0n) is 8.26. The van der Waals surface area contributed by atoms with E-state index in [1.165, 1.54) is 7.11 Å². The molecule has 82 valence electrons. The van der Waals surface area contributed by atoms with Crippen molar-refractivity contribution < 1.29 is 19.4 Å². The molecule has 0 fully saturated rings. The molecular weight excluding hydrogens is 230 g/mol. The number of pyridine rings is 1. The van der Waals surface area contributed by atoms with Gasteiger partial charge in [0, 0.05) is 6.20 Å². The predicted molar refractivity (Wildman–Crippen MR) is 58.1 cm³/mol. The lowest BCUT2D eigenvalue weighted by molar-refractivity contribution is -0.131. The van der Waals surface area contributed by atoms with E-state index in [-0.39, 0.29) is 10.6 Å². The van der Waals surface area contributed by atoms with Gasteiger partial charge in [0.1, 0.15) is 9.71 Å². The highest BCUT2D eigenvalue weighted by Gasteiger charge is 2.24. The molecule has 0 atom stereocenters. The number of nitrogens with zero attached hydrogens (tertiary/aromatic N) is 1. The minimum Gasteiger partial charge on any atom is -0.494 e. The van der Waals surface area contributed by atoms with Gasteiger partial charge in [0.15, 0.2) is 5.75 Å². The van der Waals surface area contributed by atoms with E-state index in [1.54, 1.807) is 18.3 Å². The summed E-state index contributed by atoms with van der Waals surface area (Å²) in [6, 6.07) is 3.43. The van der Waals surface area contributed by atoms with Crippen LogP contribution in [0.4, 0.5) is 0 Å². The van der Waals surface area contributed by atoms with Crippen LogP contribution in [0, 0.1) is 0 Å². The zero-order valence-corrected chi connectivity index (χ0v) is 9.08. The number of Topliss-reactive ketones (excluding diaryl/α,β-unsaturated/α-hetero) is 1. The molecule has 0 aliphatic carbocycles. The second-order valence-electron chi connectivity index (χ2n) is 2.95. The molecule has 5 nitrogen and oxygen atoms in total. The van der Waals surface area contributed by atoms with Crippen LogP contribution < -0.4 is 4.74 Å². The van der Waals surface area contributed by atoms with Gasteiger partial charge in [0.2, 0.25) is 0 Å². The van der Waals surface area contributed by atoms with Gasteiger partial charge in [-0.2, -0.15) is 0 Å². The molecule has 0 saturated carbocycles. The molecule has 0 radical (unpaired) electrons. The quantitative estimate of drug-likeness (QED) is 0.647. The van der Waals surface area contributed by atoms with Crippen molar-refractivity contribution in [3.63, 3.8) is 0 Å². The highest BCUT2D eigenvalue weighted by atomic mass is 32.1. The first kappa shape index (κ1) is 10.6. The van der Waals surface area contributed by atoms with E-state index in [0.717, 1.165) is 11.3 Å². The van der Waals surface area contributed by atoms with Gasteiger partial charge in [-0.15, -0.1) is 11.3 Å². The highest BCUT2D eigenvalue weighted by molar-refractivity contribution is 7.21. The van der Waals surface area contributed by atoms with Crippen molar-refractivity contribution in [3.8, 4) is 5.75 Å². The third-order valence-corrected chi connectivity index (χ3v) is 3.12. The molecule has 0 amide bonds. The van der Waals surface area contributed by atoms with Crippen LogP contribution in [0.25, 0.3) is 10.2 Å². The Morgan fingerprint density at radius 3 is 2.88 bits per heavy atom. The average molecular weight is 237 g/mol. The minimum absolute atomic E-state index is 0.0729. The number of thiophene rings is 1. The van der Waals surface area contributed by atoms with Crippen LogP contribution in [0.3, 0.4) is 0 Å². The fourth-order valence-electron chi connectivity index (χ4n) is 1.36. The SMILES string of the molecule is COc1c(C(=O)C(=O)O)sc2ncccc12. The summed E-state index contributed by atoms with van der Waals surface area (Å²) < 4.78 is 5.06. The third-order valence-electron chi connectivity index (χ3n) is 2.03. The van der Waals surface area contributed by atoms with E-state index in [0.29, 0.717) is 10.2 Å². The number of ketones is 1. The first-order chi connectivity index (χ1) is 7.65. The Morgan fingerprint density at radius 2 is 2.25 bits per heavy atom. The van der Waals surface area contributed by atoms with Gasteiger partial charge in [-0.25, -0.2) is 9.78 Å². The third kappa shape index (κ3) is 1.53. The van der Waals surface area contributed by atoms with Crippen LogP contribution >= 0.6 is 11.3 Å². The summed E-state index contributed by atoms with van der Waals surface area (Å²) in [5.74, 6) is -2.19. The van der Waals surface area contributed by atoms with Crippen LogP contribution in [0.1, 0.15) is 9.67 Å². The van der Waals surface area contributed by atoms with Crippen LogP contribution in [-0.2, 0) is 4.79 Å². The first-order valence-corrected chi connectivity index (χ1v) is 5.16. The molecule has 2 aromatic rings. The summed E-state index contributed by atoms with van der Waals surface area (Å²) >= 11 is 1.02. The number of aromatic nitrogens is 1. The molecule has 0 aromatic carbocycles. The summed E-state index contributed by atoms with van der Waals surface area (Å²) in [7, 11) is 1.40. The molecule has 2 rings (SSSR count). The van der Waals surface area contributed by atoms with E-state index in [9.17, 15) is 9.59 Å². The summed E-state index contributed by atoms with van der Waals surface area (Å²) in [6.45, 7) is 0. The normalized spacial score (nSPS) is 10.3. The van der Waals surface area contributed by atoms with E-state index >= 15 is 0 Å². The Morgan fingerprint density at radius 1 is 1.50 bits per heavy atom. The maximum atomic E-state index is 11.4. The monoisotopic (exact) mass is 237 g/mol. The predicted octanol–water partition coefficient (Wildman–Crippen LogP) is 1.57. The number of aliphatic carboxylic acids is 1. The zero-order chi connectivity index (χ0) is 11.7. The Bertz CT molecular complexity index is 575. The van der Waals surface area contributed by atoms with Crippen molar-refractivity contribution in [2.45, 2.75) is 0 Å². The number of carboxylic acids is 1. The Balaban J connectivity index is 2.70. The van der Waals surface area contributed by atoms with Gasteiger partial charge in [0.25, 0.3) is 5.78 Å². The molecule has 6 heteroatoms. The van der Waals surface area contributed by atoms with Gasteiger partial charge in [-0.1, -0.05) is 0 Å². The molecule has 1 N–H and O–H groups in total. The smallest absolute Gasteiger partial charge is 0.378 e. The summed E-state index contributed by atoms with van der Waals surface area (Å²) in [4.78, 5) is 26.7. The summed E-state index contributed by atoms with van der Waals surface area (Å²) in [6.07, 6.45) is 1.58. The first-order valence-electron chi connectivity index (χ1n) is 4.34. The molecule has 2 aromatic heterocycles. The Labute approximate surface area is 94.3 Å². The van der Waals surface area contributed by atoms with Crippen molar-refractivity contribution in [1.29, 1.82) is 0 Å². The summed E-state index contributed by atoms with van der Waals surface area (Å²) in [5.41, 5.74) is 0. The topological polar surface area (TPSA) is 76.5 Å². The van der Waals surface area contributed by atoms with Gasteiger partial charge in [-0.3, -0.25) is 4.79 Å². The molecular formula is C10H7NO4S. The van der Waals surface area contributed by atoms with E-state index in [2.05, 4.69) is 4.98 Å². The number of ether oxygens (including phenoxy) is 1. The fraction of sp³-hybridized carbons (Fsp3) is 0.100. The molecule has 0 bridgehead atoms. The molecule has 2 heterocycles. The van der Waals surface area contributed by atoms with Gasteiger partial charge in [0.05, 0.1) is 12.5 Å². The van der Waals surface area contributed by atoms with E-state index in [1.807, 2.05) is 0 Å². The molecule has 0 aliphatic heterocycles. The van der Waals surface area contributed by atoms with Crippen molar-refractivity contribution in [2.75, 3.05) is 7.11 Å². The standard InChI is InChI=1S/C10H7NO4S/c1-15-7-5-3-2-4-11-9(5)16-8(7)6(12)10(13)14/h2-4H,1H3,(H,13,14). The largest absolute Gasteiger partial charge is 0.494 e. The average Bonchev–Trinajstić information content (AvgIpc) is 2.65. The minimum atomic E-state index is -1.50. The second-order valence-corrected chi connectivity index (χ2v) is 3.95. The lowest BCUT2D eigenvalue weighted by Crippen LogP contribution is -2.11. The van der Waals surface area contributed by atoms with E-state index in [4.69, 9.17) is 9.84 Å². The molecule has 0 spiro atoms. The van der Waals surface area contributed by atoms with Crippen LogP contribution in [0.2, 0.25) is 0 Å². The number of carbonyl (C=O) groups excluding carboxylic acids is 1. The molecule has 0 aliphatic rings. The summed E-state index contributed by atoms with van der Waals surface area (Å²) in [5, 5.41) is 9.31. The van der Waals surface area contributed by atoms with Crippen LogP contribution in [-0.4, -0.2) is 29.0 Å². The van der Waals surface area contributed by atoms with Crippen molar-refractivity contribution in [1.82, 2.24) is 4.98 Å². The fourth-order valence-corrected chi connectivity index (χ4v) is 2.40.